The molecule has 1 aliphatic rings. The van der Waals surface area contributed by atoms with Gasteiger partial charge in [-0.25, -0.2) is 4.98 Å². The van der Waals surface area contributed by atoms with Crippen molar-refractivity contribution in [2.24, 2.45) is 5.10 Å². The van der Waals surface area contributed by atoms with Crippen LogP contribution in [0.4, 0.5) is 0 Å². The molecule has 0 saturated heterocycles. The SMILES string of the molecule is Cc1ccc(C2=Nn3c(Cn4c(C)nc5ccccc54)nnc3SC2)cc1. The Kier molecular flexibility index (Phi) is 3.82. The first-order valence-corrected chi connectivity index (χ1v) is 9.81. The zero-order valence-corrected chi connectivity index (χ0v) is 15.9. The fourth-order valence-corrected chi connectivity index (χ4v) is 4.15. The van der Waals surface area contributed by atoms with Gasteiger partial charge in [0.15, 0.2) is 5.82 Å². The van der Waals surface area contributed by atoms with E-state index in [1.165, 1.54) is 5.56 Å². The average Bonchev–Trinajstić information content (AvgIpc) is 3.23. The summed E-state index contributed by atoms with van der Waals surface area (Å²) < 4.78 is 4.03. The van der Waals surface area contributed by atoms with Gasteiger partial charge in [-0.05, 0) is 31.5 Å². The van der Waals surface area contributed by atoms with Crippen LogP contribution in [0.2, 0.25) is 0 Å². The second kappa shape index (κ2) is 6.35. The highest BCUT2D eigenvalue weighted by molar-refractivity contribution is 7.99. The molecule has 0 radical (unpaired) electrons. The smallest absolute Gasteiger partial charge is 0.212 e. The molecule has 134 valence electrons. The van der Waals surface area contributed by atoms with Crippen LogP contribution in [0.25, 0.3) is 11.0 Å². The summed E-state index contributed by atoms with van der Waals surface area (Å²) in [5.74, 6) is 2.57. The number of para-hydroxylation sites is 2. The van der Waals surface area contributed by atoms with Crippen molar-refractivity contribution in [1.29, 1.82) is 0 Å². The number of fused-ring (bicyclic) bond motifs is 2. The first-order chi connectivity index (χ1) is 13.2. The molecule has 2 aromatic carbocycles. The number of nitrogens with zero attached hydrogens (tertiary/aromatic N) is 6. The first-order valence-electron chi connectivity index (χ1n) is 8.83. The maximum Gasteiger partial charge on any atom is 0.212 e. The van der Waals surface area contributed by atoms with E-state index in [2.05, 4.69) is 57.0 Å². The summed E-state index contributed by atoms with van der Waals surface area (Å²) in [5, 5.41) is 14.4. The lowest BCUT2D eigenvalue weighted by atomic mass is 10.1. The first kappa shape index (κ1) is 16.3. The maximum atomic E-state index is 4.85. The highest BCUT2D eigenvalue weighted by atomic mass is 32.2. The topological polar surface area (TPSA) is 60.9 Å². The third kappa shape index (κ3) is 2.84. The lowest BCUT2D eigenvalue weighted by Gasteiger charge is -2.14. The molecule has 0 bridgehead atoms. The van der Waals surface area contributed by atoms with Crippen molar-refractivity contribution in [3.8, 4) is 0 Å². The molecule has 4 aromatic rings. The van der Waals surface area contributed by atoms with Crippen molar-refractivity contribution in [3.05, 3.63) is 71.3 Å². The van der Waals surface area contributed by atoms with E-state index < -0.39 is 0 Å². The normalized spacial score (nSPS) is 13.6. The van der Waals surface area contributed by atoms with Crippen LogP contribution in [0, 0.1) is 13.8 Å². The summed E-state index contributed by atoms with van der Waals surface area (Å²) in [4.78, 5) is 4.64. The van der Waals surface area contributed by atoms with Crippen LogP contribution in [0.15, 0.2) is 58.8 Å². The molecule has 1 aliphatic heterocycles. The summed E-state index contributed by atoms with van der Waals surface area (Å²) in [6.45, 7) is 4.70. The predicted molar refractivity (Wildman–Crippen MR) is 107 cm³/mol. The molecule has 0 saturated carbocycles. The van der Waals surface area contributed by atoms with Crippen molar-refractivity contribution in [2.75, 3.05) is 5.75 Å². The van der Waals surface area contributed by atoms with Crippen LogP contribution in [-0.4, -0.2) is 35.9 Å². The molecule has 0 fully saturated rings. The number of aryl methyl sites for hydroxylation is 2. The predicted octanol–water partition coefficient (Wildman–Crippen LogP) is 3.65. The van der Waals surface area contributed by atoms with Crippen LogP contribution < -0.4 is 0 Å². The van der Waals surface area contributed by atoms with Crippen molar-refractivity contribution < 1.29 is 0 Å². The van der Waals surface area contributed by atoms with E-state index in [0.717, 1.165) is 44.9 Å². The average molecular weight is 374 g/mol. The van der Waals surface area contributed by atoms with Crippen LogP contribution in [0.5, 0.6) is 0 Å². The number of benzene rings is 2. The Balaban J connectivity index is 1.54. The van der Waals surface area contributed by atoms with Gasteiger partial charge in [-0.15, -0.1) is 10.2 Å². The quantitative estimate of drug-likeness (QED) is 0.549. The molecule has 0 atom stereocenters. The molecule has 5 rings (SSSR count). The van der Waals surface area contributed by atoms with E-state index in [1.54, 1.807) is 11.8 Å². The lowest BCUT2D eigenvalue weighted by Crippen LogP contribution is -2.16. The number of hydrogen-bond donors (Lipinski definition) is 0. The van der Waals surface area contributed by atoms with E-state index in [0.29, 0.717) is 6.54 Å². The van der Waals surface area contributed by atoms with E-state index in [-0.39, 0.29) is 0 Å². The molecule has 3 heterocycles. The van der Waals surface area contributed by atoms with E-state index in [4.69, 9.17) is 5.10 Å². The Hall–Kier alpha value is -2.93. The molecule has 7 heteroatoms. The van der Waals surface area contributed by atoms with Gasteiger partial charge in [0, 0.05) is 5.75 Å². The molecule has 6 nitrogen and oxygen atoms in total. The fraction of sp³-hybridized carbons (Fsp3) is 0.200. The van der Waals surface area contributed by atoms with Crippen molar-refractivity contribution in [3.63, 3.8) is 0 Å². The molecular formula is C20H18N6S. The third-order valence-electron chi connectivity index (χ3n) is 4.77. The Morgan fingerprint density at radius 1 is 1.00 bits per heavy atom. The minimum Gasteiger partial charge on any atom is -0.320 e. The van der Waals surface area contributed by atoms with E-state index in [9.17, 15) is 0 Å². The second-order valence-electron chi connectivity index (χ2n) is 6.65. The molecule has 0 amide bonds. The molecule has 0 aliphatic carbocycles. The third-order valence-corrected chi connectivity index (χ3v) is 5.70. The van der Waals surface area contributed by atoms with Gasteiger partial charge in [-0.1, -0.05) is 53.7 Å². The largest absolute Gasteiger partial charge is 0.320 e. The number of imidazole rings is 1. The lowest BCUT2D eigenvalue weighted by molar-refractivity contribution is 0.658. The Labute approximate surface area is 161 Å². The van der Waals surface area contributed by atoms with Crippen LogP contribution in [0.1, 0.15) is 22.8 Å². The number of rotatable bonds is 3. The Morgan fingerprint density at radius 3 is 2.67 bits per heavy atom. The fourth-order valence-electron chi connectivity index (χ4n) is 3.29. The summed E-state index contributed by atoms with van der Waals surface area (Å²) in [6.07, 6.45) is 0. The van der Waals surface area contributed by atoms with Gasteiger partial charge in [-0.3, -0.25) is 0 Å². The second-order valence-corrected chi connectivity index (χ2v) is 7.59. The van der Waals surface area contributed by atoms with Crippen molar-refractivity contribution in [2.45, 2.75) is 25.5 Å². The summed E-state index contributed by atoms with van der Waals surface area (Å²) >= 11 is 1.67. The summed E-state index contributed by atoms with van der Waals surface area (Å²) in [7, 11) is 0. The maximum absolute atomic E-state index is 4.85. The van der Waals surface area contributed by atoms with Gasteiger partial charge in [0.1, 0.15) is 5.82 Å². The van der Waals surface area contributed by atoms with Gasteiger partial charge >= 0.3 is 0 Å². The van der Waals surface area contributed by atoms with Gasteiger partial charge in [0.05, 0.1) is 23.3 Å². The summed E-state index contributed by atoms with van der Waals surface area (Å²) in [6, 6.07) is 16.6. The van der Waals surface area contributed by atoms with E-state index >= 15 is 0 Å². The monoisotopic (exact) mass is 374 g/mol. The molecule has 0 spiro atoms. The van der Waals surface area contributed by atoms with Crippen LogP contribution in [-0.2, 0) is 6.54 Å². The Morgan fingerprint density at radius 2 is 1.81 bits per heavy atom. The number of thioether (sulfide) groups is 1. The molecule has 0 unspecified atom stereocenters. The number of hydrogen-bond acceptors (Lipinski definition) is 5. The van der Waals surface area contributed by atoms with Gasteiger partial charge in [0.25, 0.3) is 0 Å². The summed E-state index contributed by atoms with van der Waals surface area (Å²) in [5.41, 5.74) is 5.52. The minimum atomic E-state index is 0.588. The highest BCUT2D eigenvalue weighted by Gasteiger charge is 2.21. The standard InChI is InChI=1S/C20H18N6S/c1-13-7-9-15(10-8-13)17-12-27-20-23-22-19(26(20)24-17)11-25-14(2)21-16-5-3-4-6-18(16)25/h3-10H,11-12H2,1-2H3. The number of aromatic nitrogens is 5. The molecule has 0 N–H and O–H groups in total. The van der Waals surface area contributed by atoms with Crippen molar-refractivity contribution in [1.82, 2.24) is 24.4 Å². The zero-order valence-electron chi connectivity index (χ0n) is 15.1. The van der Waals surface area contributed by atoms with Gasteiger partial charge in [-0.2, -0.15) is 9.78 Å². The Bertz CT molecular complexity index is 1170. The van der Waals surface area contributed by atoms with Gasteiger partial charge in [0.2, 0.25) is 5.16 Å². The highest BCUT2D eigenvalue weighted by Crippen LogP contribution is 2.25. The molecular weight excluding hydrogens is 356 g/mol. The van der Waals surface area contributed by atoms with Gasteiger partial charge < -0.3 is 4.57 Å². The molecule has 27 heavy (non-hydrogen) atoms. The van der Waals surface area contributed by atoms with Crippen molar-refractivity contribution >= 4 is 28.5 Å². The van der Waals surface area contributed by atoms with Crippen LogP contribution >= 0.6 is 11.8 Å². The van der Waals surface area contributed by atoms with E-state index in [1.807, 2.05) is 29.8 Å². The minimum absolute atomic E-state index is 0.588. The molecule has 2 aromatic heterocycles. The van der Waals surface area contributed by atoms with Crippen LogP contribution in [0.3, 0.4) is 0 Å². The zero-order chi connectivity index (χ0) is 18.4.